The Morgan fingerprint density at radius 3 is 2.62 bits per heavy atom. The Balaban J connectivity index is 1.32. The van der Waals surface area contributed by atoms with Crippen molar-refractivity contribution in [3.05, 3.63) is 53.1 Å². The Morgan fingerprint density at radius 1 is 1.20 bits per heavy atom. The molecule has 0 unspecified atom stereocenters. The number of hydrogen-bond donors (Lipinski definition) is 2. The average molecular weight is 566 g/mol. The van der Waals surface area contributed by atoms with Gasteiger partial charge in [-0.25, -0.2) is 23.7 Å². The van der Waals surface area contributed by atoms with Gasteiger partial charge in [0.2, 0.25) is 11.8 Å². The van der Waals surface area contributed by atoms with E-state index in [-0.39, 0.29) is 24.9 Å². The number of anilines is 3. The number of nitrogens with zero attached hydrogens (tertiary/aromatic N) is 6. The van der Waals surface area contributed by atoms with Gasteiger partial charge >= 0.3 is 6.18 Å². The molecule has 0 spiro atoms. The van der Waals surface area contributed by atoms with Crippen molar-refractivity contribution in [1.29, 1.82) is 0 Å². The minimum atomic E-state index is -4.93. The van der Waals surface area contributed by atoms with E-state index in [1.54, 1.807) is 29.8 Å². The summed E-state index contributed by atoms with van der Waals surface area (Å²) in [4.78, 5) is 32.5. The molecule has 0 radical (unpaired) electrons. The SMILES string of the molecule is CN1c2nc(NCc3ccc(Oc4cc(C(F)F)nc(C(F)(F)F)c4)nc3)nc3c2N(CCC3)C(=O)[C@]1(C)CO. The van der Waals surface area contributed by atoms with Crippen LogP contribution >= 0.6 is 0 Å². The van der Waals surface area contributed by atoms with Gasteiger partial charge in [0.25, 0.3) is 12.3 Å². The quantitative estimate of drug-likeness (QED) is 0.409. The van der Waals surface area contributed by atoms with E-state index in [2.05, 4.69) is 25.3 Å². The highest BCUT2D eigenvalue weighted by Crippen LogP contribution is 2.43. The minimum Gasteiger partial charge on any atom is -0.439 e. The second-order valence-corrected chi connectivity index (χ2v) is 9.59. The molecule has 40 heavy (non-hydrogen) atoms. The van der Waals surface area contributed by atoms with Crippen LogP contribution in [0.3, 0.4) is 0 Å². The van der Waals surface area contributed by atoms with Crippen LogP contribution in [-0.2, 0) is 23.9 Å². The Labute approximate surface area is 224 Å². The molecule has 0 saturated heterocycles. The van der Waals surface area contributed by atoms with E-state index in [1.165, 1.54) is 12.3 Å². The number of halogens is 5. The molecule has 15 heteroatoms. The van der Waals surface area contributed by atoms with E-state index < -0.39 is 35.3 Å². The molecular formula is C25H24F5N7O3. The predicted octanol–water partition coefficient (Wildman–Crippen LogP) is 4.11. The summed E-state index contributed by atoms with van der Waals surface area (Å²) in [6.07, 6.45) is -5.37. The minimum absolute atomic E-state index is 0.104. The number of carbonyl (C=O) groups excluding carboxylic acids is 1. The molecule has 212 valence electrons. The van der Waals surface area contributed by atoms with Crippen molar-refractivity contribution in [1.82, 2.24) is 19.9 Å². The van der Waals surface area contributed by atoms with Crippen molar-refractivity contribution >= 4 is 23.4 Å². The van der Waals surface area contributed by atoms with Crippen LogP contribution in [0.15, 0.2) is 30.5 Å². The molecule has 5 heterocycles. The molecule has 3 aromatic heterocycles. The maximum Gasteiger partial charge on any atom is 0.433 e. The Kier molecular flexibility index (Phi) is 6.94. The van der Waals surface area contributed by atoms with Gasteiger partial charge in [-0.1, -0.05) is 6.07 Å². The summed E-state index contributed by atoms with van der Waals surface area (Å²) < 4.78 is 70.6. The summed E-state index contributed by atoms with van der Waals surface area (Å²) in [5.74, 6) is 0.0271. The zero-order chi connectivity index (χ0) is 28.8. The third kappa shape index (κ3) is 4.96. The van der Waals surface area contributed by atoms with Crippen LogP contribution in [0.5, 0.6) is 11.6 Å². The van der Waals surface area contributed by atoms with Crippen LogP contribution in [0, 0.1) is 0 Å². The molecular weight excluding hydrogens is 541 g/mol. The fourth-order valence-electron chi connectivity index (χ4n) is 4.53. The lowest BCUT2D eigenvalue weighted by molar-refractivity contribution is -0.141. The summed E-state index contributed by atoms with van der Waals surface area (Å²) in [6, 6.07) is 4.22. The molecule has 3 aromatic rings. The molecule has 0 aliphatic carbocycles. The first-order valence-electron chi connectivity index (χ1n) is 12.2. The molecule has 10 nitrogen and oxygen atoms in total. The number of pyridine rings is 2. The maximum absolute atomic E-state index is 13.1. The van der Waals surface area contributed by atoms with Crippen LogP contribution in [-0.4, -0.2) is 56.7 Å². The lowest BCUT2D eigenvalue weighted by atomic mass is 9.93. The van der Waals surface area contributed by atoms with Gasteiger partial charge in [0.1, 0.15) is 28.4 Å². The first kappa shape index (κ1) is 27.4. The van der Waals surface area contributed by atoms with E-state index in [1.807, 2.05) is 0 Å². The highest BCUT2D eigenvalue weighted by atomic mass is 19.4. The van der Waals surface area contributed by atoms with Gasteiger partial charge in [0.05, 0.1) is 12.3 Å². The number of rotatable bonds is 7. The molecule has 0 bridgehead atoms. The van der Waals surface area contributed by atoms with Crippen molar-refractivity contribution in [3.8, 4) is 11.6 Å². The van der Waals surface area contributed by atoms with E-state index >= 15 is 0 Å². The van der Waals surface area contributed by atoms with Gasteiger partial charge < -0.3 is 25.0 Å². The highest BCUT2D eigenvalue weighted by molar-refractivity contribution is 6.08. The number of nitrogens with one attached hydrogen (secondary N) is 1. The number of carbonyl (C=O) groups is 1. The highest BCUT2D eigenvalue weighted by Gasteiger charge is 2.48. The third-order valence-corrected chi connectivity index (χ3v) is 6.88. The molecule has 2 aliphatic heterocycles. The van der Waals surface area contributed by atoms with Gasteiger partial charge in [-0.15, -0.1) is 0 Å². The van der Waals surface area contributed by atoms with E-state index in [0.717, 1.165) is 6.07 Å². The second kappa shape index (κ2) is 10.1. The molecule has 1 amide bonds. The van der Waals surface area contributed by atoms with Crippen LogP contribution in [0.1, 0.15) is 42.4 Å². The number of hydrogen-bond acceptors (Lipinski definition) is 9. The topological polar surface area (TPSA) is 117 Å². The van der Waals surface area contributed by atoms with Crippen LogP contribution in [0.25, 0.3) is 0 Å². The summed E-state index contributed by atoms with van der Waals surface area (Å²) in [6.45, 7) is 2.00. The van der Waals surface area contributed by atoms with Gasteiger partial charge in [0, 0.05) is 44.5 Å². The van der Waals surface area contributed by atoms with Gasteiger partial charge in [-0.2, -0.15) is 18.2 Å². The number of aryl methyl sites for hydroxylation is 1. The number of aliphatic hydroxyl groups excluding tert-OH is 1. The van der Waals surface area contributed by atoms with Crippen molar-refractivity contribution in [2.45, 2.75) is 44.5 Å². The van der Waals surface area contributed by atoms with Gasteiger partial charge in [0.15, 0.2) is 5.82 Å². The van der Waals surface area contributed by atoms with Crippen molar-refractivity contribution < 1.29 is 36.6 Å². The standard InChI is InChI=1S/C25H24F5N7O3/c1-24(12-38)22(39)37-7-3-4-15-19(37)21(36(24)2)35-23(34-15)32-11-13-5-6-18(31-10-13)40-14-8-16(20(26)27)33-17(9-14)25(28,29)30/h5-6,8-10,20,38H,3-4,7,11-12H2,1-2H3,(H,32,34,35)/t24-/m0/s1. The Bertz CT molecular complexity index is 1440. The summed E-state index contributed by atoms with van der Waals surface area (Å²) >= 11 is 0. The Hall–Kier alpha value is -4.14. The average Bonchev–Trinajstić information content (AvgIpc) is 2.93. The zero-order valence-corrected chi connectivity index (χ0v) is 21.3. The normalized spacial score (nSPS) is 18.7. The number of aromatic nitrogens is 4. The molecule has 0 aromatic carbocycles. The molecule has 0 fully saturated rings. The second-order valence-electron chi connectivity index (χ2n) is 9.59. The van der Waals surface area contributed by atoms with Crippen LogP contribution in [0.4, 0.5) is 39.4 Å². The molecule has 2 N–H and O–H groups in total. The Morgan fingerprint density at radius 2 is 1.98 bits per heavy atom. The third-order valence-electron chi connectivity index (χ3n) is 6.88. The zero-order valence-electron chi connectivity index (χ0n) is 21.3. The number of alkyl halides is 5. The van der Waals surface area contributed by atoms with Gasteiger partial charge in [-0.3, -0.25) is 4.79 Å². The van der Waals surface area contributed by atoms with Crippen molar-refractivity contribution in [3.63, 3.8) is 0 Å². The van der Waals surface area contributed by atoms with E-state index in [4.69, 9.17) is 4.74 Å². The van der Waals surface area contributed by atoms with Crippen molar-refractivity contribution in [2.75, 3.05) is 35.3 Å². The largest absolute Gasteiger partial charge is 0.439 e. The maximum atomic E-state index is 13.1. The van der Waals surface area contributed by atoms with Crippen LogP contribution < -0.4 is 19.9 Å². The molecule has 1 atom stereocenters. The number of aliphatic hydroxyl groups is 1. The number of likely N-dealkylation sites (N-methyl/N-ethyl adjacent to an activating group) is 1. The molecule has 5 rings (SSSR count). The summed E-state index contributed by atoms with van der Waals surface area (Å²) in [5.41, 5.74) is -1.74. The van der Waals surface area contributed by atoms with Crippen molar-refractivity contribution in [2.24, 2.45) is 0 Å². The lowest BCUT2D eigenvalue weighted by Crippen LogP contribution is -2.64. The number of ether oxygens (including phenoxy) is 1. The lowest BCUT2D eigenvalue weighted by Gasteiger charge is -2.47. The predicted molar refractivity (Wildman–Crippen MR) is 132 cm³/mol. The summed E-state index contributed by atoms with van der Waals surface area (Å²) in [7, 11) is 1.69. The van der Waals surface area contributed by atoms with E-state index in [9.17, 15) is 31.9 Å². The first-order chi connectivity index (χ1) is 18.9. The monoisotopic (exact) mass is 565 g/mol. The first-order valence-corrected chi connectivity index (χ1v) is 12.2. The fraction of sp³-hybridized carbons (Fsp3) is 0.400. The van der Waals surface area contributed by atoms with Crippen LogP contribution in [0.2, 0.25) is 0 Å². The summed E-state index contributed by atoms with van der Waals surface area (Å²) in [5, 5.41) is 13.1. The molecule has 2 aliphatic rings. The molecule has 0 saturated carbocycles. The smallest absolute Gasteiger partial charge is 0.433 e. The van der Waals surface area contributed by atoms with Gasteiger partial charge in [-0.05, 0) is 25.3 Å². The van der Waals surface area contributed by atoms with E-state index in [0.29, 0.717) is 54.2 Å². The number of amides is 1. The fourth-order valence-corrected chi connectivity index (χ4v) is 4.53.